The van der Waals surface area contributed by atoms with E-state index in [1.165, 1.54) is 6.92 Å². The number of esters is 1. The highest BCUT2D eigenvalue weighted by atomic mass is 16.5. The lowest BCUT2D eigenvalue weighted by molar-refractivity contribution is -0.131. The third-order valence-electron chi connectivity index (χ3n) is 4.21. The van der Waals surface area contributed by atoms with Gasteiger partial charge in [-0.25, -0.2) is 4.98 Å². The molecule has 0 spiro atoms. The number of benzene rings is 3. The van der Waals surface area contributed by atoms with Crippen LogP contribution in [-0.4, -0.2) is 16.7 Å². The Morgan fingerprint density at radius 1 is 0.769 bits per heavy atom. The van der Waals surface area contributed by atoms with E-state index in [1.54, 1.807) is 24.3 Å². The van der Waals surface area contributed by atoms with E-state index in [0.29, 0.717) is 11.3 Å². The Morgan fingerprint density at radius 2 is 1.38 bits per heavy atom. The van der Waals surface area contributed by atoms with Crippen LogP contribution in [0.2, 0.25) is 0 Å². The van der Waals surface area contributed by atoms with Crippen molar-refractivity contribution in [3.63, 3.8) is 0 Å². The summed E-state index contributed by atoms with van der Waals surface area (Å²) in [7, 11) is 0. The van der Waals surface area contributed by atoms with Crippen molar-refractivity contribution in [2.24, 2.45) is 0 Å². The van der Waals surface area contributed by atoms with Gasteiger partial charge in [-0.15, -0.1) is 0 Å². The van der Waals surface area contributed by atoms with Crippen LogP contribution in [0.15, 0.2) is 72.8 Å². The van der Waals surface area contributed by atoms with Crippen LogP contribution in [-0.2, 0) is 4.79 Å². The van der Waals surface area contributed by atoms with Crippen molar-refractivity contribution in [1.82, 2.24) is 4.98 Å². The fourth-order valence-electron chi connectivity index (χ4n) is 3.10. The average molecular weight is 341 g/mol. The second-order valence-electron chi connectivity index (χ2n) is 5.94. The predicted molar refractivity (Wildman–Crippen MR) is 100 cm³/mol. The second-order valence-corrected chi connectivity index (χ2v) is 5.94. The van der Waals surface area contributed by atoms with Crippen molar-refractivity contribution < 1.29 is 14.3 Å². The molecule has 1 aromatic heterocycles. The molecule has 0 radical (unpaired) electrons. The van der Waals surface area contributed by atoms with Gasteiger partial charge in [-0.05, 0) is 23.6 Å². The van der Waals surface area contributed by atoms with Gasteiger partial charge < -0.3 is 4.74 Å². The molecule has 0 atom stereocenters. The highest BCUT2D eigenvalue weighted by molar-refractivity contribution is 6.20. The molecule has 0 saturated carbocycles. The lowest BCUT2D eigenvalue weighted by atomic mass is 9.99. The molecule has 126 valence electrons. The van der Waals surface area contributed by atoms with E-state index in [-0.39, 0.29) is 11.5 Å². The van der Waals surface area contributed by atoms with Gasteiger partial charge in [-0.1, -0.05) is 54.6 Å². The fourth-order valence-corrected chi connectivity index (χ4v) is 3.10. The number of para-hydroxylation sites is 2. The van der Waals surface area contributed by atoms with Crippen LogP contribution < -0.4 is 4.74 Å². The molecule has 0 fully saturated rings. The third kappa shape index (κ3) is 2.71. The normalized spacial score (nSPS) is 10.8. The van der Waals surface area contributed by atoms with Gasteiger partial charge in [0.25, 0.3) is 0 Å². The number of pyridine rings is 1. The molecule has 0 saturated heterocycles. The minimum absolute atomic E-state index is 0.240. The topological polar surface area (TPSA) is 56.3 Å². The van der Waals surface area contributed by atoms with Crippen LogP contribution in [0.4, 0.5) is 0 Å². The first-order valence-electron chi connectivity index (χ1n) is 8.25. The predicted octanol–water partition coefficient (Wildman–Crippen LogP) is 4.54. The third-order valence-corrected chi connectivity index (χ3v) is 4.21. The Bertz CT molecular complexity index is 1160. The van der Waals surface area contributed by atoms with Gasteiger partial charge in [0.2, 0.25) is 5.78 Å². The first-order chi connectivity index (χ1) is 12.6. The zero-order valence-electron chi connectivity index (χ0n) is 14.1. The van der Waals surface area contributed by atoms with E-state index in [1.807, 2.05) is 48.5 Å². The fraction of sp³-hybridized carbons (Fsp3) is 0.0455. The Labute approximate surface area is 150 Å². The molecule has 4 rings (SSSR count). The Kier molecular flexibility index (Phi) is 3.93. The Hall–Kier alpha value is -3.53. The summed E-state index contributed by atoms with van der Waals surface area (Å²) in [5, 5.41) is 2.73. The summed E-state index contributed by atoms with van der Waals surface area (Å²) in [6.07, 6.45) is 0. The smallest absolute Gasteiger partial charge is 0.308 e. The monoisotopic (exact) mass is 341 g/mol. The van der Waals surface area contributed by atoms with Crippen LogP contribution in [0.5, 0.6) is 5.75 Å². The van der Waals surface area contributed by atoms with E-state index in [2.05, 4.69) is 4.98 Å². The van der Waals surface area contributed by atoms with Crippen molar-refractivity contribution in [1.29, 1.82) is 0 Å². The lowest BCUT2D eigenvalue weighted by Gasteiger charge is -2.11. The molecule has 0 N–H and O–H groups in total. The summed E-state index contributed by atoms with van der Waals surface area (Å²) in [6.45, 7) is 1.31. The first kappa shape index (κ1) is 16.0. The first-order valence-corrected chi connectivity index (χ1v) is 8.25. The molecule has 0 aliphatic carbocycles. The SMILES string of the molecule is CC(=O)Oc1ccccc1C(=O)c1nc2ccccc2c2ccccc12. The molecule has 0 amide bonds. The molecular formula is C22H15NO3. The number of carbonyl (C=O) groups is 2. The lowest BCUT2D eigenvalue weighted by Crippen LogP contribution is -2.10. The van der Waals surface area contributed by atoms with Gasteiger partial charge in [-0.2, -0.15) is 0 Å². The standard InChI is InChI=1S/C22H15NO3/c1-14(24)26-20-13-7-5-11-18(20)22(25)21-17-10-3-2-8-15(17)16-9-4-6-12-19(16)23-21/h2-13H,1H3. The summed E-state index contributed by atoms with van der Waals surface area (Å²) in [6, 6.07) is 22.1. The number of nitrogens with zero attached hydrogens (tertiary/aromatic N) is 1. The number of ether oxygens (including phenoxy) is 1. The molecule has 0 bridgehead atoms. The van der Waals surface area contributed by atoms with E-state index in [0.717, 1.165) is 21.7 Å². The molecule has 0 aliphatic rings. The van der Waals surface area contributed by atoms with E-state index < -0.39 is 5.97 Å². The van der Waals surface area contributed by atoms with Gasteiger partial charge >= 0.3 is 5.97 Å². The van der Waals surface area contributed by atoms with Crippen LogP contribution >= 0.6 is 0 Å². The Balaban J connectivity index is 1.97. The maximum atomic E-state index is 13.3. The minimum Gasteiger partial charge on any atom is -0.426 e. The van der Waals surface area contributed by atoms with Crippen molar-refractivity contribution in [2.45, 2.75) is 6.92 Å². The van der Waals surface area contributed by atoms with Crippen molar-refractivity contribution >= 4 is 33.4 Å². The van der Waals surface area contributed by atoms with Crippen molar-refractivity contribution in [3.8, 4) is 5.75 Å². The maximum absolute atomic E-state index is 13.3. The molecule has 0 aliphatic heterocycles. The highest BCUT2D eigenvalue weighted by Crippen LogP contribution is 2.29. The quantitative estimate of drug-likeness (QED) is 0.237. The number of ketones is 1. The van der Waals surface area contributed by atoms with Gasteiger partial charge in [0.05, 0.1) is 11.1 Å². The largest absolute Gasteiger partial charge is 0.426 e. The number of hydrogen-bond donors (Lipinski definition) is 0. The van der Waals surface area contributed by atoms with Crippen molar-refractivity contribution in [3.05, 3.63) is 84.1 Å². The number of hydrogen-bond acceptors (Lipinski definition) is 4. The van der Waals surface area contributed by atoms with Crippen LogP contribution in [0.3, 0.4) is 0 Å². The van der Waals surface area contributed by atoms with E-state index in [9.17, 15) is 9.59 Å². The van der Waals surface area contributed by atoms with Gasteiger partial charge in [0, 0.05) is 17.7 Å². The number of fused-ring (bicyclic) bond motifs is 3. The summed E-state index contributed by atoms with van der Waals surface area (Å²) < 4.78 is 5.20. The summed E-state index contributed by atoms with van der Waals surface area (Å²) in [5.41, 5.74) is 1.41. The van der Waals surface area contributed by atoms with Crippen LogP contribution in [0.25, 0.3) is 21.7 Å². The molecular weight excluding hydrogens is 326 g/mol. The molecule has 4 aromatic rings. The molecule has 1 heterocycles. The Morgan fingerprint density at radius 3 is 2.15 bits per heavy atom. The molecule has 3 aromatic carbocycles. The average Bonchev–Trinajstić information content (AvgIpc) is 2.67. The highest BCUT2D eigenvalue weighted by Gasteiger charge is 2.20. The molecule has 0 unspecified atom stereocenters. The summed E-state index contributed by atoms with van der Waals surface area (Å²) >= 11 is 0. The van der Waals surface area contributed by atoms with Crippen molar-refractivity contribution in [2.75, 3.05) is 0 Å². The van der Waals surface area contributed by atoms with E-state index >= 15 is 0 Å². The maximum Gasteiger partial charge on any atom is 0.308 e. The van der Waals surface area contributed by atoms with Gasteiger partial charge in [-0.3, -0.25) is 9.59 Å². The summed E-state index contributed by atoms with van der Waals surface area (Å²) in [5.74, 6) is -0.505. The summed E-state index contributed by atoms with van der Waals surface area (Å²) in [4.78, 5) is 29.2. The zero-order chi connectivity index (χ0) is 18.1. The number of carbonyl (C=O) groups excluding carboxylic acids is 2. The minimum atomic E-state index is -0.471. The van der Waals surface area contributed by atoms with E-state index in [4.69, 9.17) is 4.74 Å². The number of rotatable bonds is 3. The second kappa shape index (κ2) is 6.41. The van der Waals surface area contributed by atoms with Gasteiger partial charge in [0.15, 0.2) is 0 Å². The van der Waals surface area contributed by atoms with Crippen LogP contribution in [0, 0.1) is 0 Å². The zero-order valence-corrected chi connectivity index (χ0v) is 14.1. The molecule has 26 heavy (non-hydrogen) atoms. The molecule has 4 heteroatoms. The van der Waals surface area contributed by atoms with Gasteiger partial charge in [0.1, 0.15) is 11.4 Å². The molecule has 4 nitrogen and oxygen atoms in total. The number of aromatic nitrogens is 1. The van der Waals surface area contributed by atoms with Crippen LogP contribution in [0.1, 0.15) is 23.0 Å².